The van der Waals surface area contributed by atoms with E-state index in [1.807, 2.05) is 25.0 Å². The maximum absolute atomic E-state index is 12.7. The molecule has 0 spiro atoms. The minimum atomic E-state index is -2.80. The first kappa shape index (κ1) is 11.5. The number of benzene rings is 1. The minimum Gasteiger partial charge on any atom is -0.246 e. The Morgan fingerprint density at radius 3 is 2.35 bits per heavy atom. The number of hydrogen-bond donors (Lipinski definition) is 1. The van der Waals surface area contributed by atoms with Crippen LogP contribution in [-0.4, -0.2) is 14.8 Å². The summed E-state index contributed by atoms with van der Waals surface area (Å²) in [6.45, 7) is 3.67. The summed E-state index contributed by atoms with van der Waals surface area (Å²) in [4.78, 5) is 11.5. The zero-order valence-electron chi connectivity index (χ0n) is 9.37. The van der Waals surface area contributed by atoms with Crippen molar-refractivity contribution in [1.29, 1.82) is 0 Å². The second kappa shape index (κ2) is 4.12. The van der Waals surface area contributed by atoms with Gasteiger partial charge in [0.05, 0.1) is 5.69 Å². The Morgan fingerprint density at radius 1 is 1.24 bits per heavy atom. The SMILES string of the molecule is Cc1cc(C)cc(-n2c(C(F)F)n[nH]c2=O)c1. The summed E-state index contributed by atoms with van der Waals surface area (Å²) >= 11 is 0. The molecule has 2 rings (SSSR count). The van der Waals surface area contributed by atoms with E-state index in [-0.39, 0.29) is 0 Å². The molecule has 2 aromatic rings. The lowest BCUT2D eigenvalue weighted by Crippen LogP contribution is -2.17. The molecular formula is C11H11F2N3O. The van der Waals surface area contributed by atoms with Crippen LogP contribution in [0.3, 0.4) is 0 Å². The number of aromatic amines is 1. The topological polar surface area (TPSA) is 50.7 Å². The van der Waals surface area contributed by atoms with Crippen LogP contribution in [0, 0.1) is 13.8 Å². The van der Waals surface area contributed by atoms with Crippen molar-refractivity contribution in [3.63, 3.8) is 0 Å². The molecule has 0 bridgehead atoms. The van der Waals surface area contributed by atoms with Gasteiger partial charge in [0, 0.05) is 0 Å². The molecule has 0 aliphatic carbocycles. The fraction of sp³-hybridized carbons (Fsp3) is 0.273. The monoisotopic (exact) mass is 239 g/mol. The van der Waals surface area contributed by atoms with Gasteiger partial charge in [-0.25, -0.2) is 23.2 Å². The van der Waals surface area contributed by atoms with Crippen molar-refractivity contribution < 1.29 is 8.78 Å². The van der Waals surface area contributed by atoms with Crippen LogP contribution >= 0.6 is 0 Å². The highest BCUT2D eigenvalue weighted by atomic mass is 19.3. The van der Waals surface area contributed by atoms with E-state index in [4.69, 9.17) is 0 Å². The van der Waals surface area contributed by atoms with Gasteiger partial charge in [0.2, 0.25) is 5.82 Å². The Hall–Kier alpha value is -1.98. The van der Waals surface area contributed by atoms with Crippen LogP contribution in [0.4, 0.5) is 8.78 Å². The molecule has 0 unspecified atom stereocenters. The van der Waals surface area contributed by atoms with E-state index in [0.717, 1.165) is 15.7 Å². The predicted molar refractivity (Wildman–Crippen MR) is 58.6 cm³/mol. The van der Waals surface area contributed by atoms with Gasteiger partial charge in [-0.15, -0.1) is 0 Å². The summed E-state index contributed by atoms with van der Waals surface area (Å²) in [5, 5.41) is 5.36. The summed E-state index contributed by atoms with van der Waals surface area (Å²) in [6, 6.07) is 5.22. The number of aromatic nitrogens is 3. The van der Waals surface area contributed by atoms with E-state index in [1.165, 1.54) is 0 Å². The Kier molecular flexibility index (Phi) is 2.79. The Morgan fingerprint density at radius 2 is 1.82 bits per heavy atom. The van der Waals surface area contributed by atoms with E-state index in [1.54, 1.807) is 12.1 Å². The minimum absolute atomic E-state index is 0.400. The Labute approximate surface area is 95.9 Å². The smallest absolute Gasteiger partial charge is 0.246 e. The standard InChI is InChI=1S/C11H11F2N3O/c1-6-3-7(2)5-8(4-6)16-10(9(12)13)14-15-11(16)17/h3-5,9H,1-2H3,(H,15,17). The third kappa shape index (κ3) is 2.11. The number of H-pyrrole nitrogens is 1. The lowest BCUT2D eigenvalue weighted by Gasteiger charge is -2.07. The number of nitrogens with one attached hydrogen (secondary N) is 1. The van der Waals surface area contributed by atoms with E-state index >= 15 is 0 Å². The summed E-state index contributed by atoms with van der Waals surface area (Å²) in [7, 11) is 0. The first-order valence-corrected chi connectivity index (χ1v) is 5.03. The highest BCUT2D eigenvalue weighted by Crippen LogP contribution is 2.19. The summed E-state index contributed by atoms with van der Waals surface area (Å²) in [6.07, 6.45) is -2.80. The first-order chi connectivity index (χ1) is 7.99. The molecule has 0 aliphatic heterocycles. The number of aryl methyl sites for hydroxylation is 2. The van der Waals surface area contributed by atoms with E-state index < -0.39 is 17.9 Å². The maximum atomic E-state index is 12.7. The van der Waals surface area contributed by atoms with Crippen LogP contribution in [0.5, 0.6) is 0 Å². The van der Waals surface area contributed by atoms with Crippen LogP contribution in [0.25, 0.3) is 5.69 Å². The van der Waals surface area contributed by atoms with Crippen LogP contribution in [0.15, 0.2) is 23.0 Å². The third-order valence-corrected chi connectivity index (χ3v) is 2.36. The predicted octanol–water partition coefficient (Wildman–Crippen LogP) is 2.12. The molecule has 90 valence electrons. The van der Waals surface area contributed by atoms with Crippen LogP contribution in [-0.2, 0) is 0 Å². The molecule has 0 saturated heterocycles. The van der Waals surface area contributed by atoms with Crippen molar-refractivity contribution in [3.8, 4) is 5.69 Å². The van der Waals surface area contributed by atoms with Gasteiger partial charge in [-0.3, -0.25) is 0 Å². The molecule has 0 amide bonds. The average molecular weight is 239 g/mol. The van der Waals surface area contributed by atoms with Crippen molar-refractivity contribution in [1.82, 2.24) is 14.8 Å². The Bertz CT molecular complexity index is 581. The van der Waals surface area contributed by atoms with E-state index in [9.17, 15) is 13.6 Å². The molecule has 4 nitrogen and oxygen atoms in total. The highest BCUT2D eigenvalue weighted by Gasteiger charge is 2.19. The lowest BCUT2D eigenvalue weighted by atomic mass is 10.1. The molecule has 0 fully saturated rings. The van der Waals surface area contributed by atoms with Gasteiger partial charge in [-0.1, -0.05) is 6.07 Å². The lowest BCUT2D eigenvalue weighted by molar-refractivity contribution is 0.138. The van der Waals surface area contributed by atoms with Crippen molar-refractivity contribution in [2.45, 2.75) is 20.3 Å². The van der Waals surface area contributed by atoms with E-state index in [0.29, 0.717) is 5.69 Å². The number of nitrogens with zero attached hydrogens (tertiary/aromatic N) is 2. The number of rotatable bonds is 2. The molecule has 0 saturated carbocycles. The van der Waals surface area contributed by atoms with Crippen molar-refractivity contribution >= 4 is 0 Å². The first-order valence-electron chi connectivity index (χ1n) is 5.03. The highest BCUT2D eigenvalue weighted by molar-refractivity contribution is 5.40. The molecule has 1 heterocycles. The van der Waals surface area contributed by atoms with Gasteiger partial charge >= 0.3 is 5.69 Å². The van der Waals surface area contributed by atoms with Gasteiger partial charge in [0.15, 0.2) is 0 Å². The van der Waals surface area contributed by atoms with Gasteiger partial charge in [0.1, 0.15) is 0 Å². The molecule has 0 radical (unpaired) electrons. The van der Waals surface area contributed by atoms with Gasteiger partial charge in [0.25, 0.3) is 6.43 Å². The van der Waals surface area contributed by atoms with Crippen LogP contribution in [0.1, 0.15) is 23.4 Å². The second-order valence-corrected chi connectivity index (χ2v) is 3.87. The molecule has 1 aromatic carbocycles. The van der Waals surface area contributed by atoms with Crippen molar-refractivity contribution in [3.05, 3.63) is 45.6 Å². The molecule has 1 aromatic heterocycles. The molecule has 6 heteroatoms. The summed E-state index contributed by atoms with van der Waals surface area (Å²) in [5.74, 6) is -0.569. The zero-order valence-corrected chi connectivity index (χ0v) is 9.37. The van der Waals surface area contributed by atoms with Crippen LogP contribution in [0.2, 0.25) is 0 Å². The summed E-state index contributed by atoms with van der Waals surface area (Å²) in [5.41, 5.74) is 1.53. The zero-order chi connectivity index (χ0) is 12.6. The largest absolute Gasteiger partial charge is 0.348 e. The normalized spacial score (nSPS) is 11.1. The molecular weight excluding hydrogens is 228 g/mol. The third-order valence-electron chi connectivity index (χ3n) is 2.36. The average Bonchev–Trinajstić information content (AvgIpc) is 2.58. The summed E-state index contributed by atoms with van der Waals surface area (Å²) < 4.78 is 26.3. The molecule has 0 aliphatic rings. The molecule has 1 N–H and O–H groups in total. The Balaban J connectivity index is 2.67. The van der Waals surface area contributed by atoms with Crippen LogP contribution < -0.4 is 5.69 Å². The van der Waals surface area contributed by atoms with Crippen molar-refractivity contribution in [2.24, 2.45) is 0 Å². The molecule has 17 heavy (non-hydrogen) atoms. The fourth-order valence-corrected chi connectivity index (χ4v) is 1.78. The number of alkyl halides is 2. The number of hydrogen-bond acceptors (Lipinski definition) is 2. The van der Waals surface area contributed by atoms with Gasteiger partial charge in [-0.2, -0.15) is 5.10 Å². The fourth-order valence-electron chi connectivity index (χ4n) is 1.78. The number of halogens is 2. The quantitative estimate of drug-likeness (QED) is 0.872. The maximum Gasteiger partial charge on any atom is 0.348 e. The van der Waals surface area contributed by atoms with Gasteiger partial charge in [-0.05, 0) is 37.1 Å². The van der Waals surface area contributed by atoms with Gasteiger partial charge < -0.3 is 0 Å². The molecule has 0 atom stereocenters. The van der Waals surface area contributed by atoms with E-state index in [2.05, 4.69) is 5.10 Å². The van der Waals surface area contributed by atoms with Crippen molar-refractivity contribution in [2.75, 3.05) is 0 Å². The second-order valence-electron chi connectivity index (χ2n) is 3.87.